The number of benzene rings is 7. The van der Waals surface area contributed by atoms with E-state index in [1.54, 1.807) is 0 Å². The highest BCUT2D eigenvalue weighted by molar-refractivity contribution is 6.88. The molecular formula is C64H63BN2. The average molecular weight is 871 g/mol. The molecule has 8 aromatic rings. The Morgan fingerprint density at radius 1 is 0.493 bits per heavy atom. The Hall–Kier alpha value is -6.06. The van der Waals surface area contributed by atoms with Crippen LogP contribution in [0.2, 0.25) is 0 Å². The third-order valence-electron chi connectivity index (χ3n) is 17.9. The first kappa shape index (κ1) is 41.2. The van der Waals surface area contributed by atoms with Crippen molar-refractivity contribution in [3.05, 3.63) is 182 Å². The summed E-state index contributed by atoms with van der Waals surface area (Å²) in [6.45, 7) is 29.3. The molecule has 0 saturated heterocycles. The number of hydrogen-bond acceptors (Lipinski definition) is 1. The van der Waals surface area contributed by atoms with Gasteiger partial charge in [0.05, 0.1) is 5.52 Å². The summed E-state index contributed by atoms with van der Waals surface area (Å²) in [6, 6.07) is 46.0. The molecular weight excluding hydrogens is 808 g/mol. The van der Waals surface area contributed by atoms with Crippen molar-refractivity contribution in [2.75, 3.05) is 4.90 Å². The van der Waals surface area contributed by atoms with Crippen molar-refractivity contribution in [1.82, 2.24) is 4.57 Å². The van der Waals surface area contributed by atoms with Crippen LogP contribution >= 0.6 is 0 Å². The standard InChI is InChI=1S/C64H63BN2/c1-36-28-38(3)54(39(4)29-36)41-32-42-31-40-18-17-21-46-55-45-20-14-16-23-48(45)64(11,12)60(55)66(59(40)46)35-65-57(42)53(33-41)67(52-34-50-49(30-37(52)2)61(5,6)26-27-62(50,7)8)51-25-24-44-43-19-13-15-22-47(43)63(9,10)56(44)58(51)65/h13-25,28-30,32-34H,26-27,31,35H2,1-12H3. The number of rotatable bonds is 2. The van der Waals surface area contributed by atoms with Gasteiger partial charge < -0.3 is 9.47 Å². The van der Waals surface area contributed by atoms with Crippen LogP contribution in [0.25, 0.3) is 44.3 Å². The molecule has 3 heterocycles. The van der Waals surface area contributed by atoms with E-state index in [1.165, 1.54) is 152 Å². The number of para-hydroxylation sites is 1. The van der Waals surface area contributed by atoms with E-state index in [-0.39, 0.29) is 28.4 Å². The topological polar surface area (TPSA) is 8.17 Å². The van der Waals surface area contributed by atoms with Gasteiger partial charge in [0.1, 0.15) is 0 Å². The lowest BCUT2D eigenvalue weighted by molar-refractivity contribution is 0.332. The normalized spacial score (nSPS) is 18.0. The first-order valence-corrected chi connectivity index (χ1v) is 25.1. The lowest BCUT2D eigenvalue weighted by atomic mass is 9.35. The number of nitrogens with zero attached hydrogens (tertiary/aromatic N) is 2. The van der Waals surface area contributed by atoms with Crippen LogP contribution in [0.3, 0.4) is 0 Å². The van der Waals surface area contributed by atoms with E-state index in [9.17, 15) is 0 Å². The lowest BCUT2D eigenvalue weighted by Gasteiger charge is -2.45. The molecule has 0 bridgehead atoms. The van der Waals surface area contributed by atoms with Gasteiger partial charge in [-0.1, -0.05) is 158 Å². The molecule has 67 heavy (non-hydrogen) atoms. The molecule has 0 atom stereocenters. The van der Waals surface area contributed by atoms with Gasteiger partial charge in [-0.2, -0.15) is 0 Å². The van der Waals surface area contributed by atoms with Gasteiger partial charge in [-0.3, -0.25) is 0 Å². The van der Waals surface area contributed by atoms with Crippen molar-refractivity contribution in [1.29, 1.82) is 0 Å². The van der Waals surface area contributed by atoms with Gasteiger partial charge in [-0.05, 0) is 170 Å². The summed E-state index contributed by atoms with van der Waals surface area (Å²) in [7, 11) is 0. The second kappa shape index (κ2) is 13.3. The Morgan fingerprint density at radius 3 is 1.87 bits per heavy atom. The van der Waals surface area contributed by atoms with Crippen molar-refractivity contribution in [2.24, 2.45) is 0 Å². The van der Waals surface area contributed by atoms with Gasteiger partial charge in [-0.25, -0.2) is 0 Å². The minimum Gasteiger partial charge on any atom is -0.350 e. The predicted octanol–water partition coefficient (Wildman–Crippen LogP) is 15.0. The van der Waals surface area contributed by atoms with Gasteiger partial charge in [0.2, 0.25) is 6.71 Å². The number of hydrogen-bond donors (Lipinski definition) is 0. The Kier molecular flexibility index (Phi) is 8.20. The summed E-state index contributed by atoms with van der Waals surface area (Å²) in [4.78, 5) is 2.77. The van der Waals surface area contributed by atoms with Crippen LogP contribution in [0, 0.1) is 27.7 Å². The second-order valence-electron chi connectivity index (χ2n) is 23.8. The minimum absolute atomic E-state index is 0.0666. The van der Waals surface area contributed by atoms with Gasteiger partial charge in [0.25, 0.3) is 0 Å². The molecule has 0 N–H and O–H groups in total. The highest BCUT2D eigenvalue weighted by atomic mass is 15.2. The van der Waals surface area contributed by atoms with Crippen molar-refractivity contribution >= 4 is 45.6 Å². The molecule has 0 amide bonds. The van der Waals surface area contributed by atoms with E-state index < -0.39 is 0 Å². The molecule has 0 unspecified atom stereocenters. The van der Waals surface area contributed by atoms with Crippen LogP contribution in [0.1, 0.15) is 135 Å². The maximum atomic E-state index is 2.84. The molecule has 2 aliphatic heterocycles. The number of aromatic nitrogens is 1. The molecule has 3 aliphatic carbocycles. The largest absolute Gasteiger partial charge is 0.350 e. The zero-order valence-electron chi connectivity index (χ0n) is 41.8. The lowest BCUT2D eigenvalue weighted by Crippen LogP contribution is -2.57. The summed E-state index contributed by atoms with van der Waals surface area (Å²) in [5.41, 5.74) is 33.7. The molecule has 0 radical (unpaired) electrons. The van der Waals surface area contributed by atoms with Gasteiger partial charge in [-0.15, -0.1) is 0 Å². The molecule has 0 fully saturated rings. The maximum Gasteiger partial charge on any atom is 0.236 e. The van der Waals surface area contributed by atoms with Gasteiger partial charge in [0.15, 0.2) is 0 Å². The van der Waals surface area contributed by atoms with E-state index >= 15 is 0 Å². The van der Waals surface area contributed by atoms with Crippen molar-refractivity contribution < 1.29 is 0 Å². The SMILES string of the molecule is Cc1cc(C)c(-c2cc3c4c(c2)N(c2cc5c(cc2C)C(C)(C)CCC5(C)C)c2ccc5c(c2B4Cn2c4c(c6cccc(c62)C3)-c2ccccc2C4(C)C)C(C)(C)c2ccccc2-5)c(C)c1. The van der Waals surface area contributed by atoms with Crippen molar-refractivity contribution in [3.63, 3.8) is 0 Å². The Balaban J connectivity index is 1.19. The van der Waals surface area contributed by atoms with Crippen molar-refractivity contribution in [2.45, 2.75) is 130 Å². The molecule has 0 spiro atoms. The molecule has 1 aromatic heterocycles. The zero-order chi connectivity index (χ0) is 46.4. The highest BCUT2D eigenvalue weighted by Gasteiger charge is 2.49. The van der Waals surface area contributed by atoms with E-state index in [0.29, 0.717) is 0 Å². The Bertz CT molecular complexity index is 3510. The van der Waals surface area contributed by atoms with E-state index in [2.05, 4.69) is 208 Å². The smallest absolute Gasteiger partial charge is 0.236 e. The fourth-order valence-electron chi connectivity index (χ4n) is 14.8. The summed E-state index contributed by atoms with van der Waals surface area (Å²) in [5, 5.41) is 1.40. The first-order chi connectivity index (χ1) is 31.9. The summed E-state index contributed by atoms with van der Waals surface area (Å²) in [5.74, 6) is 0. The second-order valence-corrected chi connectivity index (χ2v) is 23.8. The fourth-order valence-corrected chi connectivity index (χ4v) is 14.8. The van der Waals surface area contributed by atoms with E-state index in [1.807, 2.05) is 0 Å². The van der Waals surface area contributed by atoms with Gasteiger partial charge >= 0.3 is 0 Å². The number of anilines is 3. The Morgan fingerprint density at radius 2 is 1.15 bits per heavy atom. The fraction of sp³-hybridized carbons (Fsp3) is 0.312. The first-order valence-electron chi connectivity index (χ1n) is 25.1. The van der Waals surface area contributed by atoms with Crippen LogP contribution in [0.15, 0.2) is 115 Å². The number of fused-ring (bicyclic) bond motifs is 12. The minimum atomic E-state index is -0.197. The maximum absolute atomic E-state index is 2.84. The van der Waals surface area contributed by atoms with Crippen LogP contribution < -0.4 is 15.8 Å². The van der Waals surface area contributed by atoms with Crippen LogP contribution in [-0.4, -0.2) is 11.3 Å². The summed E-state index contributed by atoms with van der Waals surface area (Å²) in [6.07, 6.45) is 4.12. The van der Waals surface area contributed by atoms with Crippen LogP contribution in [-0.2, 0) is 34.5 Å². The molecule has 3 heteroatoms. The van der Waals surface area contributed by atoms with Crippen LogP contribution in [0.5, 0.6) is 0 Å². The summed E-state index contributed by atoms with van der Waals surface area (Å²) < 4.78 is 2.84. The molecule has 0 saturated carbocycles. The monoisotopic (exact) mass is 871 g/mol. The quantitative estimate of drug-likeness (QED) is 0.157. The van der Waals surface area contributed by atoms with Crippen LogP contribution in [0.4, 0.5) is 17.1 Å². The molecule has 13 rings (SSSR count). The Labute approximate surface area is 399 Å². The highest BCUT2D eigenvalue weighted by Crippen LogP contribution is 2.56. The van der Waals surface area contributed by atoms with E-state index in [4.69, 9.17) is 0 Å². The molecule has 5 aliphatic rings. The molecule has 2 nitrogen and oxygen atoms in total. The zero-order valence-corrected chi connectivity index (χ0v) is 41.8. The average Bonchev–Trinajstić information content (AvgIpc) is 3.82. The number of aryl methyl sites for hydroxylation is 4. The third kappa shape index (κ3) is 5.35. The van der Waals surface area contributed by atoms with Crippen molar-refractivity contribution in [3.8, 4) is 33.4 Å². The molecule has 332 valence electrons. The predicted molar refractivity (Wildman–Crippen MR) is 286 cm³/mol. The van der Waals surface area contributed by atoms with E-state index in [0.717, 1.165) is 12.9 Å². The molecule has 7 aromatic carbocycles. The third-order valence-corrected chi connectivity index (χ3v) is 17.9. The van der Waals surface area contributed by atoms with Gasteiger partial charge in [0, 0.05) is 51.0 Å². The summed E-state index contributed by atoms with van der Waals surface area (Å²) >= 11 is 0.